The number of aldehydes is 1. The van der Waals surface area contributed by atoms with Crippen molar-refractivity contribution in [1.82, 2.24) is 0 Å². The maximum Gasteiger partial charge on any atom is 0.327 e. The van der Waals surface area contributed by atoms with E-state index in [1.807, 2.05) is 6.92 Å². The Kier molecular flexibility index (Phi) is 3.21. The van der Waals surface area contributed by atoms with E-state index in [9.17, 15) is 13.6 Å². The third-order valence-electron chi connectivity index (χ3n) is 1.97. The molecule has 0 saturated heterocycles. The zero-order valence-electron chi connectivity index (χ0n) is 7.56. The molecule has 1 aromatic rings. The first-order valence-corrected chi connectivity index (χ1v) is 4.52. The quantitative estimate of drug-likeness (QED) is 0.712. The monoisotopic (exact) mass is 218 g/mol. The molecule has 0 amide bonds. The molecule has 0 aromatic heterocycles. The Hall–Kier alpha value is -0.960. The highest BCUT2D eigenvalue weighted by Crippen LogP contribution is 2.29. The Morgan fingerprint density at radius 2 is 2.14 bits per heavy atom. The van der Waals surface area contributed by atoms with Crippen LogP contribution in [0.2, 0.25) is 5.02 Å². The average Bonchev–Trinajstić information content (AvgIpc) is 2.17. The number of aryl methyl sites for hydroxylation is 1. The zero-order chi connectivity index (χ0) is 10.8. The lowest BCUT2D eigenvalue weighted by molar-refractivity contribution is -0.130. The summed E-state index contributed by atoms with van der Waals surface area (Å²) in [6, 6.07) is 3.86. The van der Waals surface area contributed by atoms with Gasteiger partial charge in [-0.3, -0.25) is 4.79 Å². The third kappa shape index (κ3) is 2.10. The Labute approximate surface area is 85.7 Å². The molecule has 0 radical (unpaired) electrons. The van der Waals surface area contributed by atoms with E-state index in [4.69, 9.17) is 11.6 Å². The maximum absolute atomic E-state index is 12.9. The lowest BCUT2D eigenvalue weighted by Crippen LogP contribution is -2.14. The van der Waals surface area contributed by atoms with Gasteiger partial charge in [-0.25, -0.2) is 0 Å². The molecule has 14 heavy (non-hydrogen) atoms. The van der Waals surface area contributed by atoms with Gasteiger partial charge in [0.15, 0.2) is 6.29 Å². The van der Waals surface area contributed by atoms with Crippen LogP contribution in [0, 0.1) is 0 Å². The number of hydrogen-bond acceptors (Lipinski definition) is 1. The molecule has 4 heteroatoms. The Balaban J connectivity index is 3.15. The average molecular weight is 219 g/mol. The van der Waals surface area contributed by atoms with Crippen molar-refractivity contribution in [1.29, 1.82) is 0 Å². The van der Waals surface area contributed by atoms with Crippen molar-refractivity contribution < 1.29 is 13.6 Å². The summed E-state index contributed by atoms with van der Waals surface area (Å²) in [5.41, 5.74) is 0.423. The van der Waals surface area contributed by atoms with Crippen LogP contribution in [-0.2, 0) is 17.1 Å². The first-order chi connectivity index (χ1) is 6.51. The minimum absolute atomic E-state index is 0.270. The van der Waals surface area contributed by atoms with Crippen LogP contribution in [0.25, 0.3) is 0 Å². The number of benzene rings is 1. The van der Waals surface area contributed by atoms with Crippen LogP contribution in [0.1, 0.15) is 18.1 Å². The van der Waals surface area contributed by atoms with Gasteiger partial charge in [0.25, 0.3) is 0 Å². The van der Waals surface area contributed by atoms with Gasteiger partial charge in [-0.15, -0.1) is 0 Å². The van der Waals surface area contributed by atoms with E-state index < -0.39 is 5.92 Å². The summed E-state index contributed by atoms with van der Waals surface area (Å²) in [6.07, 6.45) is 0.288. The van der Waals surface area contributed by atoms with Gasteiger partial charge in [0.05, 0.1) is 0 Å². The van der Waals surface area contributed by atoms with Gasteiger partial charge < -0.3 is 0 Å². The van der Waals surface area contributed by atoms with Crippen LogP contribution >= 0.6 is 11.6 Å². The number of carbonyl (C=O) groups is 1. The first kappa shape index (κ1) is 11.1. The predicted octanol–water partition coefficient (Wildman–Crippen LogP) is 3.19. The van der Waals surface area contributed by atoms with Gasteiger partial charge >= 0.3 is 5.92 Å². The van der Waals surface area contributed by atoms with Crippen molar-refractivity contribution in [2.45, 2.75) is 19.3 Å². The molecule has 0 aliphatic rings. The fraction of sp³-hybridized carbons (Fsp3) is 0.300. The Bertz CT molecular complexity index is 350. The van der Waals surface area contributed by atoms with Gasteiger partial charge in [-0.2, -0.15) is 8.78 Å². The summed E-state index contributed by atoms with van der Waals surface area (Å²) in [6.45, 7) is 1.87. The van der Waals surface area contributed by atoms with Gasteiger partial charge in [0, 0.05) is 10.6 Å². The Morgan fingerprint density at radius 3 is 2.57 bits per heavy atom. The van der Waals surface area contributed by atoms with Crippen LogP contribution in [0.5, 0.6) is 0 Å². The third-order valence-corrected chi connectivity index (χ3v) is 2.32. The number of hydrogen-bond donors (Lipinski definition) is 0. The molecule has 1 rings (SSSR count). The van der Waals surface area contributed by atoms with Crippen molar-refractivity contribution in [2.75, 3.05) is 0 Å². The van der Waals surface area contributed by atoms with Gasteiger partial charge in [-0.1, -0.05) is 30.7 Å². The first-order valence-electron chi connectivity index (χ1n) is 4.14. The molecule has 76 valence electrons. The number of carbonyl (C=O) groups excluding carboxylic acids is 1. The summed E-state index contributed by atoms with van der Waals surface area (Å²) in [5.74, 6) is -3.45. The maximum atomic E-state index is 12.9. The van der Waals surface area contributed by atoms with E-state index in [0.717, 1.165) is 11.6 Å². The number of rotatable bonds is 3. The highest BCUT2D eigenvalue weighted by molar-refractivity contribution is 6.31. The molecule has 0 N–H and O–H groups in total. The lowest BCUT2D eigenvalue weighted by Gasteiger charge is -2.10. The number of alkyl halides is 2. The van der Waals surface area contributed by atoms with E-state index >= 15 is 0 Å². The number of halogens is 3. The normalized spacial score (nSPS) is 11.4. The fourth-order valence-electron chi connectivity index (χ4n) is 1.11. The van der Waals surface area contributed by atoms with Crippen molar-refractivity contribution in [3.05, 3.63) is 34.3 Å². The second-order valence-corrected chi connectivity index (χ2v) is 3.31. The summed E-state index contributed by atoms with van der Waals surface area (Å²) < 4.78 is 25.7. The smallest absolute Gasteiger partial charge is 0.296 e. The Morgan fingerprint density at radius 1 is 1.50 bits per heavy atom. The molecule has 0 aliphatic carbocycles. The van der Waals surface area contributed by atoms with Crippen LogP contribution in [0.15, 0.2) is 18.2 Å². The summed E-state index contributed by atoms with van der Waals surface area (Å²) in [4.78, 5) is 10.1. The van der Waals surface area contributed by atoms with E-state index in [1.54, 1.807) is 0 Å². The standard InChI is InChI=1S/C10H9ClF2O/c1-2-7-3-4-8(5-9(7)11)10(12,13)6-14/h3-6H,2H2,1H3. The highest BCUT2D eigenvalue weighted by Gasteiger charge is 2.30. The molecule has 0 heterocycles. The van der Waals surface area contributed by atoms with Gasteiger partial charge in [0.1, 0.15) is 0 Å². The predicted molar refractivity (Wildman–Crippen MR) is 50.8 cm³/mol. The van der Waals surface area contributed by atoms with E-state index in [-0.39, 0.29) is 16.9 Å². The second kappa shape index (κ2) is 4.05. The molecule has 0 aliphatic heterocycles. The molecule has 1 nitrogen and oxygen atoms in total. The van der Waals surface area contributed by atoms with Gasteiger partial charge in [0.2, 0.25) is 0 Å². The molecular weight excluding hydrogens is 210 g/mol. The van der Waals surface area contributed by atoms with Crippen LogP contribution in [0.4, 0.5) is 8.78 Å². The molecule has 0 saturated carbocycles. The molecule has 0 spiro atoms. The molecule has 0 atom stereocenters. The topological polar surface area (TPSA) is 17.1 Å². The van der Waals surface area contributed by atoms with Crippen molar-refractivity contribution in [2.24, 2.45) is 0 Å². The largest absolute Gasteiger partial charge is 0.327 e. The van der Waals surface area contributed by atoms with Crippen molar-refractivity contribution in [3.63, 3.8) is 0 Å². The van der Waals surface area contributed by atoms with Crippen LogP contribution in [0.3, 0.4) is 0 Å². The van der Waals surface area contributed by atoms with Crippen molar-refractivity contribution >= 4 is 17.9 Å². The summed E-state index contributed by atoms with van der Waals surface area (Å²) >= 11 is 5.74. The summed E-state index contributed by atoms with van der Waals surface area (Å²) in [5, 5.41) is 0.270. The zero-order valence-corrected chi connectivity index (χ0v) is 8.31. The van der Waals surface area contributed by atoms with Gasteiger partial charge in [-0.05, 0) is 18.1 Å². The van der Waals surface area contributed by atoms with E-state index in [2.05, 4.69) is 0 Å². The molecule has 0 bridgehead atoms. The minimum atomic E-state index is -3.45. The molecular formula is C10H9ClF2O. The van der Waals surface area contributed by atoms with Crippen LogP contribution in [-0.4, -0.2) is 6.29 Å². The van der Waals surface area contributed by atoms with Crippen molar-refractivity contribution in [3.8, 4) is 0 Å². The second-order valence-electron chi connectivity index (χ2n) is 2.90. The highest BCUT2D eigenvalue weighted by atomic mass is 35.5. The molecule has 0 fully saturated rings. The molecule has 1 aromatic carbocycles. The van der Waals surface area contributed by atoms with E-state index in [1.165, 1.54) is 12.1 Å². The lowest BCUT2D eigenvalue weighted by atomic mass is 10.1. The SMILES string of the molecule is CCc1ccc(C(F)(F)C=O)cc1Cl. The summed E-state index contributed by atoms with van der Waals surface area (Å²) in [7, 11) is 0. The van der Waals surface area contributed by atoms with E-state index in [0.29, 0.717) is 6.42 Å². The fourth-order valence-corrected chi connectivity index (χ4v) is 1.42. The minimum Gasteiger partial charge on any atom is -0.296 e. The van der Waals surface area contributed by atoms with Crippen LogP contribution < -0.4 is 0 Å². The molecule has 0 unspecified atom stereocenters.